The summed E-state index contributed by atoms with van der Waals surface area (Å²) in [5.41, 5.74) is 4.85. The topological polar surface area (TPSA) is 57.2 Å². The van der Waals surface area contributed by atoms with Gasteiger partial charge in [-0.1, -0.05) is 60.1 Å². The van der Waals surface area contributed by atoms with E-state index in [2.05, 4.69) is 27.1 Å². The number of nitrogens with one attached hydrogen (secondary N) is 1. The number of carbonyl (C=O) groups excluding carboxylic acids is 1. The van der Waals surface area contributed by atoms with Gasteiger partial charge < -0.3 is 9.88 Å². The van der Waals surface area contributed by atoms with Crippen LogP contribution in [0, 0.1) is 6.92 Å². The van der Waals surface area contributed by atoms with E-state index in [1.807, 2.05) is 65.0 Å². The Morgan fingerprint density at radius 1 is 1.00 bits per heavy atom. The Balaban J connectivity index is 1.22. The van der Waals surface area contributed by atoms with Crippen molar-refractivity contribution in [3.05, 3.63) is 88.3 Å². The van der Waals surface area contributed by atoms with Crippen LogP contribution in [-0.4, -0.2) is 56.7 Å². The van der Waals surface area contributed by atoms with Crippen LogP contribution in [0.4, 0.5) is 0 Å². The number of aromatic nitrogens is 3. The van der Waals surface area contributed by atoms with E-state index < -0.39 is 0 Å². The standard InChI is InChI=1S/C25H26ClN5O/c1-18-21(24(26)31(28-18)16-19-7-3-2-4-8-19)17-29-11-13-30(14-12-29)25(32)23-15-20-9-5-6-10-22(20)27-23/h2-10,15,27H,11-14,16-17H2,1H3. The van der Waals surface area contributed by atoms with Gasteiger partial charge in [0.25, 0.3) is 5.91 Å². The number of halogens is 1. The van der Waals surface area contributed by atoms with Crippen LogP contribution in [0.5, 0.6) is 0 Å². The molecule has 0 bridgehead atoms. The van der Waals surface area contributed by atoms with Crippen molar-refractivity contribution in [1.82, 2.24) is 24.6 Å². The SMILES string of the molecule is Cc1nn(Cc2ccccc2)c(Cl)c1CN1CCN(C(=O)c2cc3ccccc3[nH]2)CC1. The van der Waals surface area contributed by atoms with Crippen molar-refractivity contribution in [2.24, 2.45) is 0 Å². The molecule has 5 rings (SSSR count). The summed E-state index contributed by atoms with van der Waals surface area (Å²) >= 11 is 6.70. The van der Waals surface area contributed by atoms with E-state index >= 15 is 0 Å². The number of fused-ring (bicyclic) bond motifs is 1. The smallest absolute Gasteiger partial charge is 0.270 e. The average molecular weight is 448 g/mol. The lowest BCUT2D eigenvalue weighted by atomic mass is 10.2. The molecule has 1 aliphatic heterocycles. The van der Waals surface area contributed by atoms with E-state index in [1.165, 1.54) is 5.56 Å². The number of hydrogen-bond donors (Lipinski definition) is 1. The first-order valence-electron chi connectivity index (χ1n) is 10.9. The first-order valence-corrected chi connectivity index (χ1v) is 11.3. The van der Waals surface area contributed by atoms with Crippen LogP contribution >= 0.6 is 11.6 Å². The summed E-state index contributed by atoms with van der Waals surface area (Å²) in [5.74, 6) is 0.0609. The third-order valence-electron chi connectivity index (χ3n) is 6.16. The molecule has 3 heterocycles. The van der Waals surface area contributed by atoms with Gasteiger partial charge in [0.2, 0.25) is 0 Å². The van der Waals surface area contributed by atoms with Crippen LogP contribution in [0.2, 0.25) is 5.15 Å². The maximum absolute atomic E-state index is 13.0. The van der Waals surface area contributed by atoms with Crippen LogP contribution < -0.4 is 0 Å². The maximum atomic E-state index is 13.0. The largest absolute Gasteiger partial charge is 0.351 e. The minimum atomic E-state index is 0.0609. The van der Waals surface area contributed by atoms with Crippen molar-refractivity contribution < 1.29 is 4.79 Å². The van der Waals surface area contributed by atoms with E-state index in [4.69, 9.17) is 11.6 Å². The van der Waals surface area contributed by atoms with Crippen LogP contribution in [0.3, 0.4) is 0 Å². The first kappa shape index (κ1) is 20.8. The average Bonchev–Trinajstić information content (AvgIpc) is 3.36. The molecule has 0 aliphatic carbocycles. The molecule has 1 N–H and O–H groups in total. The van der Waals surface area contributed by atoms with Crippen molar-refractivity contribution in [3.63, 3.8) is 0 Å². The fourth-order valence-electron chi connectivity index (χ4n) is 4.32. The number of rotatable bonds is 5. The van der Waals surface area contributed by atoms with Crippen molar-refractivity contribution in [1.29, 1.82) is 0 Å². The van der Waals surface area contributed by atoms with E-state index in [1.54, 1.807) is 0 Å². The number of benzene rings is 2. The molecule has 164 valence electrons. The van der Waals surface area contributed by atoms with Crippen molar-refractivity contribution in [2.45, 2.75) is 20.0 Å². The summed E-state index contributed by atoms with van der Waals surface area (Å²) in [4.78, 5) is 20.5. The molecule has 2 aromatic heterocycles. The van der Waals surface area contributed by atoms with Gasteiger partial charge in [0, 0.05) is 49.2 Å². The Bertz CT molecular complexity index is 1200. The summed E-state index contributed by atoms with van der Waals surface area (Å²) < 4.78 is 1.87. The maximum Gasteiger partial charge on any atom is 0.270 e. The van der Waals surface area contributed by atoms with Crippen LogP contribution in [0.1, 0.15) is 27.3 Å². The molecule has 32 heavy (non-hydrogen) atoms. The molecule has 7 heteroatoms. The molecule has 0 spiro atoms. The Morgan fingerprint density at radius 3 is 2.47 bits per heavy atom. The lowest BCUT2D eigenvalue weighted by Crippen LogP contribution is -2.48. The van der Waals surface area contributed by atoms with Crippen molar-refractivity contribution in [3.8, 4) is 0 Å². The molecule has 0 unspecified atom stereocenters. The van der Waals surface area contributed by atoms with Crippen LogP contribution in [-0.2, 0) is 13.1 Å². The van der Waals surface area contributed by atoms with E-state index in [9.17, 15) is 4.79 Å². The molecular formula is C25H26ClN5O. The van der Waals surface area contributed by atoms with Gasteiger partial charge in [-0.25, -0.2) is 4.68 Å². The molecule has 0 radical (unpaired) electrons. The fraction of sp³-hybridized carbons (Fsp3) is 0.280. The molecule has 4 aromatic rings. The van der Waals surface area contributed by atoms with E-state index in [0.717, 1.165) is 41.8 Å². The van der Waals surface area contributed by atoms with E-state index in [-0.39, 0.29) is 5.91 Å². The van der Waals surface area contributed by atoms with Gasteiger partial charge in [0.05, 0.1) is 12.2 Å². The first-order chi connectivity index (χ1) is 15.6. The second-order valence-corrected chi connectivity index (χ2v) is 8.69. The Labute approximate surface area is 192 Å². The zero-order valence-corrected chi connectivity index (χ0v) is 18.8. The minimum Gasteiger partial charge on any atom is -0.351 e. The summed E-state index contributed by atoms with van der Waals surface area (Å²) in [6.45, 7) is 6.43. The summed E-state index contributed by atoms with van der Waals surface area (Å²) in [6.07, 6.45) is 0. The lowest BCUT2D eigenvalue weighted by Gasteiger charge is -2.34. The van der Waals surface area contributed by atoms with Gasteiger partial charge in [-0.3, -0.25) is 9.69 Å². The summed E-state index contributed by atoms with van der Waals surface area (Å²) in [7, 11) is 0. The molecule has 0 saturated carbocycles. The molecule has 1 saturated heterocycles. The van der Waals surface area contributed by atoms with Crippen molar-refractivity contribution >= 4 is 28.4 Å². The Hall–Kier alpha value is -3.09. The molecule has 1 amide bonds. The number of aryl methyl sites for hydroxylation is 1. The number of piperazine rings is 1. The normalized spacial score (nSPS) is 14.9. The van der Waals surface area contributed by atoms with Crippen LogP contribution in [0.25, 0.3) is 10.9 Å². The number of H-pyrrole nitrogens is 1. The van der Waals surface area contributed by atoms with Gasteiger partial charge in [-0.15, -0.1) is 0 Å². The summed E-state index contributed by atoms with van der Waals surface area (Å²) in [6, 6.07) is 20.1. The Kier molecular flexibility index (Phi) is 5.72. The Morgan fingerprint density at radius 2 is 1.72 bits per heavy atom. The summed E-state index contributed by atoms with van der Waals surface area (Å²) in [5, 5.41) is 6.42. The molecule has 2 aromatic carbocycles. The molecule has 1 fully saturated rings. The molecular weight excluding hydrogens is 422 g/mol. The number of amides is 1. The van der Waals surface area contributed by atoms with Gasteiger partial charge in [0.15, 0.2) is 0 Å². The highest BCUT2D eigenvalue weighted by atomic mass is 35.5. The third-order valence-corrected chi connectivity index (χ3v) is 6.58. The quantitative estimate of drug-likeness (QED) is 0.495. The van der Waals surface area contributed by atoms with Gasteiger partial charge in [-0.05, 0) is 24.6 Å². The van der Waals surface area contributed by atoms with Gasteiger partial charge in [-0.2, -0.15) is 5.10 Å². The highest BCUT2D eigenvalue weighted by molar-refractivity contribution is 6.30. The number of aromatic amines is 1. The second-order valence-electron chi connectivity index (χ2n) is 8.34. The van der Waals surface area contributed by atoms with Crippen molar-refractivity contribution in [2.75, 3.05) is 26.2 Å². The lowest BCUT2D eigenvalue weighted by molar-refractivity contribution is 0.0623. The molecule has 6 nitrogen and oxygen atoms in total. The van der Waals surface area contributed by atoms with Gasteiger partial charge >= 0.3 is 0 Å². The van der Waals surface area contributed by atoms with Gasteiger partial charge in [0.1, 0.15) is 10.8 Å². The highest BCUT2D eigenvalue weighted by Crippen LogP contribution is 2.24. The number of nitrogens with zero attached hydrogens (tertiary/aromatic N) is 4. The third kappa shape index (κ3) is 4.16. The second kappa shape index (κ2) is 8.81. The number of carbonyl (C=O) groups is 1. The molecule has 0 atom stereocenters. The van der Waals surface area contributed by atoms with E-state index in [0.29, 0.717) is 30.5 Å². The predicted octanol–water partition coefficient (Wildman–Crippen LogP) is 4.33. The highest BCUT2D eigenvalue weighted by Gasteiger charge is 2.25. The fourth-order valence-corrected chi connectivity index (χ4v) is 4.62. The number of hydrogen-bond acceptors (Lipinski definition) is 3. The zero-order chi connectivity index (χ0) is 22.1. The van der Waals surface area contributed by atoms with Crippen LogP contribution in [0.15, 0.2) is 60.7 Å². The number of para-hydroxylation sites is 1. The molecule has 1 aliphatic rings. The zero-order valence-electron chi connectivity index (χ0n) is 18.1. The monoisotopic (exact) mass is 447 g/mol. The minimum absolute atomic E-state index is 0.0609. The predicted molar refractivity (Wildman–Crippen MR) is 127 cm³/mol.